The molecule has 0 nitrogen and oxygen atoms in total. The van der Waals surface area contributed by atoms with Crippen LogP contribution in [-0.4, -0.2) is 0 Å². The molecule has 11 aromatic carbocycles. The van der Waals surface area contributed by atoms with E-state index in [1.54, 1.807) is 0 Å². The van der Waals surface area contributed by atoms with E-state index in [4.69, 9.17) is 0 Å². The molecule has 13 rings (SSSR count). The standard InChI is InChI=1S/C67H46/c1-6-21-46(22-7-1)48-39-42-62-60(43-48)58-41-38-50(45-64(58)67(62,53-29-12-4-13-30-53)54-31-14-5-15-32-54)65(59-35-20-24-47-23-16-17-33-55(47)59)49-37-40-57-56-34-18-19-36-61(56)66(63(57)44-49,51-25-8-2-9-26-51)52-27-10-3-11-28-52/h1-45,65H. The van der Waals surface area contributed by atoms with E-state index >= 15 is 0 Å². The predicted octanol–water partition coefficient (Wildman–Crippen LogP) is 16.4. The number of fused-ring (bicyclic) bond motifs is 7. The second kappa shape index (κ2) is 15.7. The van der Waals surface area contributed by atoms with E-state index in [9.17, 15) is 0 Å². The summed E-state index contributed by atoms with van der Waals surface area (Å²) in [5.74, 6) is -0.0949. The molecule has 0 saturated heterocycles. The number of rotatable bonds is 8. The SMILES string of the molecule is c1ccc(-c2ccc3c(c2)-c2ccc(C(c4ccc5c(c4)C(c4ccccc4)(c4ccccc4)c4ccccc4-5)c4cccc5ccccc45)cc2C3(c2ccccc2)c2ccccc2)cc1. The van der Waals surface area contributed by atoms with Crippen molar-refractivity contribution in [3.8, 4) is 33.4 Å². The van der Waals surface area contributed by atoms with Crippen LogP contribution in [0.15, 0.2) is 273 Å². The minimum Gasteiger partial charge on any atom is -0.0622 e. The van der Waals surface area contributed by atoms with Gasteiger partial charge in [-0.3, -0.25) is 0 Å². The Kier molecular flexibility index (Phi) is 9.15. The third-order valence-electron chi connectivity index (χ3n) is 15.0. The van der Waals surface area contributed by atoms with E-state index in [0.29, 0.717) is 0 Å². The van der Waals surface area contributed by atoms with E-state index in [1.165, 1.54) is 105 Å². The summed E-state index contributed by atoms with van der Waals surface area (Å²) in [6, 6.07) is 102. The molecule has 0 heterocycles. The predicted molar refractivity (Wildman–Crippen MR) is 278 cm³/mol. The fraction of sp³-hybridized carbons (Fsp3) is 0.0448. The van der Waals surface area contributed by atoms with Gasteiger partial charge in [-0.05, 0) is 111 Å². The Morgan fingerprint density at radius 3 is 1.25 bits per heavy atom. The maximum atomic E-state index is 2.58. The number of hydrogen-bond donors (Lipinski definition) is 0. The summed E-state index contributed by atoms with van der Waals surface area (Å²) >= 11 is 0. The topological polar surface area (TPSA) is 0 Å². The fourth-order valence-corrected chi connectivity index (χ4v) is 12.2. The molecule has 2 aliphatic carbocycles. The van der Waals surface area contributed by atoms with Crippen molar-refractivity contribution in [2.45, 2.75) is 16.7 Å². The molecular weight excluding hydrogens is 805 g/mol. The Morgan fingerprint density at radius 1 is 0.254 bits per heavy atom. The third kappa shape index (κ3) is 5.86. The van der Waals surface area contributed by atoms with Crippen LogP contribution in [0.2, 0.25) is 0 Å². The van der Waals surface area contributed by atoms with Gasteiger partial charge in [0.15, 0.2) is 0 Å². The maximum Gasteiger partial charge on any atom is 0.0713 e. The second-order valence-electron chi connectivity index (χ2n) is 18.2. The molecule has 0 fully saturated rings. The van der Waals surface area contributed by atoms with Gasteiger partial charge in [-0.2, -0.15) is 0 Å². The highest BCUT2D eigenvalue weighted by Gasteiger charge is 2.48. The van der Waals surface area contributed by atoms with E-state index in [2.05, 4.69) is 273 Å². The smallest absolute Gasteiger partial charge is 0.0622 e. The molecule has 0 saturated carbocycles. The molecule has 0 spiro atoms. The van der Waals surface area contributed by atoms with Gasteiger partial charge in [0.1, 0.15) is 0 Å². The zero-order chi connectivity index (χ0) is 44.4. The molecule has 0 radical (unpaired) electrons. The molecule has 0 N–H and O–H groups in total. The lowest BCUT2D eigenvalue weighted by Crippen LogP contribution is -2.29. The fourth-order valence-electron chi connectivity index (χ4n) is 12.2. The first-order chi connectivity index (χ1) is 33.2. The van der Waals surface area contributed by atoms with Gasteiger partial charge in [0.2, 0.25) is 0 Å². The normalized spacial score (nSPS) is 14.1. The van der Waals surface area contributed by atoms with Crippen LogP contribution in [0.3, 0.4) is 0 Å². The molecule has 11 aromatic rings. The first kappa shape index (κ1) is 39.1. The van der Waals surface area contributed by atoms with Crippen molar-refractivity contribution in [3.05, 3.63) is 334 Å². The third-order valence-corrected chi connectivity index (χ3v) is 15.0. The zero-order valence-corrected chi connectivity index (χ0v) is 37.1. The van der Waals surface area contributed by atoms with Gasteiger partial charge >= 0.3 is 0 Å². The van der Waals surface area contributed by atoms with Gasteiger partial charge in [-0.25, -0.2) is 0 Å². The van der Waals surface area contributed by atoms with Crippen LogP contribution >= 0.6 is 0 Å². The van der Waals surface area contributed by atoms with Crippen LogP contribution in [0.4, 0.5) is 0 Å². The van der Waals surface area contributed by atoms with Crippen LogP contribution in [0.1, 0.15) is 67.1 Å². The Morgan fingerprint density at radius 2 is 0.687 bits per heavy atom. The summed E-state index contributed by atoms with van der Waals surface area (Å²) in [5, 5.41) is 2.51. The summed E-state index contributed by atoms with van der Waals surface area (Å²) in [4.78, 5) is 0. The highest BCUT2D eigenvalue weighted by Crippen LogP contribution is 2.59. The molecule has 1 atom stereocenters. The minimum atomic E-state index is -0.558. The van der Waals surface area contributed by atoms with E-state index in [-0.39, 0.29) is 5.92 Å². The van der Waals surface area contributed by atoms with E-state index in [1.807, 2.05) is 0 Å². The highest BCUT2D eigenvalue weighted by atomic mass is 14.5. The quantitative estimate of drug-likeness (QED) is 0.134. The second-order valence-corrected chi connectivity index (χ2v) is 18.2. The zero-order valence-electron chi connectivity index (χ0n) is 37.1. The monoisotopic (exact) mass is 850 g/mol. The summed E-state index contributed by atoms with van der Waals surface area (Å²) in [6.07, 6.45) is 0. The molecule has 0 aliphatic heterocycles. The maximum absolute atomic E-state index is 2.58. The lowest BCUT2D eigenvalue weighted by molar-refractivity contribution is 0.762. The van der Waals surface area contributed by atoms with Crippen molar-refractivity contribution in [2.24, 2.45) is 0 Å². The summed E-state index contributed by atoms with van der Waals surface area (Å²) in [6.45, 7) is 0. The van der Waals surface area contributed by atoms with Crippen molar-refractivity contribution < 1.29 is 0 Å². The van der Waals surface area contributed by atoms with E-state index < -0.39 is 10.8 Å². The minimum absolute atomic E-state index is 0.0949. The van der Waals surface area contributed by atoms with Gasteiger partial charge in [-0.15, -0.1) is 0 Å². The average Bonchev–Trinajstić information content (AvgIpc) is 3.87. The summed E-state index contributed by atoms with van der Waals surface area (Å²) in [5.41, 5.74) is 20.7. The molecule has 0 aromatic heterocycles. The van der Waals surface area contributed by atoms with Crippen molar-refractivity contribution in [3.63, 3.8) is 0 Å². The molecule has 0 heteroatoms. The Bertz CT molecular complexity index is 3520. The first-order valence-electron chi connectivity index (χ1n) is 23.5. The Labute approximate surface area is 393 Å². The molecule has 2 aliphatic rings. The van der Waals surface area contributed by atoms with Crippen LogP contribution in [0.5, 0.6) is 0 Å². The number of benzene rings is 11. The largest absolute Gasteiger partial charge is 0.0713 e. The molecule has 314 valence electrons. The lowest BCUT2D eigenvalue weighted by atomic mass is 9.66. The van der Waals surface area contributed by atoms with Crippen molar-refractivity contribution in [2.75, 3.05) is 0 Å². The van der Waals surface area contributed by atoms with Gasteiger partial charge in [-0.1, -0.05) is 267 Å². The Balaban J connectivity index is 1.11. The summed E-state index contributed by atoms with van der Waals surface area (Å²) < 4.78 is 0. The van der Waals surface area contributed by atoms with Crippen LogP contribution in [-0.2, 0) is 10.8 Å². The van der Waals surface area contributed by atoms with Crippen molar-refractivity contribution in [1.82, 2.24) is 0 Å². The van der Waals surface area contributed by atoms with E-state index in [0.717, 1.165) is 0 Å². The van der Waals surface area contributed by atoms with Crippen LogP contribution in [0.25, 0.3) is 44.2 Å². The van der Waals surface area contributed by atoms with Crippen molar-refractivity contribution >= 4 is 10.8 Å². The molecular formula is C67H46. The first-order valence-corrected chi connectivity index (χ1v) is 23.5. The van der Waals surface area contributed by atoms with Gasteiger partial charge in [0.05, 0.1) is 10.8 Å². The molecule has 0 bridgehead atoms. The average molecular weight is 851 g/mol. The lowest BCUT2D eigenvalue weighted by Gasteiger charge is -2.35. The molecule has 0 amide bonds. The highest BCUT2D eigenvalue weighted by molar-refractivity contribution is 5.92. The van der Waals surface area contributed by atoms with Gasteiger partial charge in [0.25, 0.3) is 0 Å². The summed E-state index contributed by atoms with van der Waals surface area (Å²) in [7, 11) is 0. The van der Waals surface area contributed by atoms with Gasteiger partial charge < -0.3 is 0 Å². The van der Waals surface area contributed by atoms with Crippen LogP contribution in [0, 0.1) is 0 Å². The molecule has 1 unspecified atom stereocenters. The molecule has 67 heavy (non-hydrogen) atoms. The van der Waals surface area contributed by atoms with Gasteiger partial charge in [0, 0.05) is 5.92 Å². The van der Waals surface area contributed by atoms with Crippen molar-refractivity contribution in [1.29, 1.82) is 0 Å². The number of hydrogen-bond acceptors (Lipinski definition) is 0. The Hall–Kier alpha value is -8.32. The van der Waals surface area contributed by atoms with Crippen LogP contribution < -0.4 is 0 Å².